The summed E-state index contributed by atoms with van der Waals surface area (Å²) in [4.78, 5) is 72.2. The zero-order valence-electron chi connectivity index (χ0n) is 20.5. The number of carboxylic acids is 2. The van der Waals surface area contributed by atoms with E-state index in [-0.39, 0.29) is 25.0 Å². The van der Waals surface area contributed by atoms with Gasteiger partial charge in [0.2, 0.25) is 23.6 Å². The van der Waals surface area contributed by atoms with Crippen molar-refractivity contribution in [3.63, 3.8) is 0 Å². The summed E-state index contributed by atoms with van der Waals surface area (Å²) < 4.78 is 0. The van der Waals surface area contributed by atoms with Crippen LogP contribution in [0.3, 0.4) is 0 Å². The zero-order valence-corrected chi connectivity index (χ0v) is 20.5. The molecular formula is C23H33N5O9. The summed E-state index contributed by atoms with van der Waals surface area (Å²) in [5, 5.41) is 34.7. The van der Waals surface area contributed by atoms with E-state index in [9.17, 15) is 44.1 Å². The first-order chi connectivity index (χ1) is 17.2. The Kier molecular flexibility index (Phi) is 12.0. The molecule has 0 heterocycles. The number of aromatic hydroxyl groups is 1. The van der Waals surface area contributed by atoms with Gasteiger partial charge in [0.25, 0.3) is 0 Å². The number of aliphatic carboxylic acids is 2. The molecular weight excluding hydrogens is 490 g/mol. The summed E-state index contributed by atoms with van der Waals surface area (Å²) in [6.07, 6.45) is -1.48. The van der Waals surface area contributed by atoms with Crippen molar-refractivity contribution in [1.82, 2.24) is 16.0 Å². The summed E-state index contributed by atoms with van der Waals surface area (Å²) >= 11 is 0. The molecule has 204 valence electrons. The molecule has 0 bridgehead atoms. The highest BCUT2D eigenvalue weighted by molar-refractivity contribution is 5.95. The lowest BCUT2D eigenvalue weighted by Crippen LogP contribution is -2.58. The molecule has 1 aromatic rings. The van der Waals surface area contributed by atoms with Gasteiger partial charge in [-0.1, -0.05) is 26.0 Å². The summed E-state index contributed by atoms with van der Waals surface area (Å²) in [5.74, 6) is -6.88. The average Bonchev–Trinajstić information content (AvgIpc) is 2.79. The van der Waals surface area contributed by atoms with E-state index in [4.69, 9.17) is 11.5 Å². The fourth-order valence-corrected chi connectivity index (χ4v) is 3.24. The Morgan fingerprint density at radius 2 is 1.41 bits per heavy atom. The molecule has 0 aliphatic heterocycles. The number of benzene rings is 1. The molecule has 14 heteroatoms. The third-order valence-electron chi connectivity index (χ3n) is 5.28. The SMILES string of the molecule is CC(C)C(NC(=O)C(CCC(N)=O)NC(=O)C(CC(=O)O)NC(=O)C(N)Cc1ccc(O)cc1)C(=O)O. The van der Waals surface area contributed by atoms with Gasteiger partial charge in [0.1, 0.15) is 23.9 Å². The maximum atomic E-state index is 12.9. The Hall–Kier alpha value is -4.20. The molecule has 0 aliphatic rings. The van der Waals surface area contributed by atoms with Crippen LogP contribution in [0.25, 0.3) is 0 Å². The predicted octanol–water partition coefficient (Wildman–Crippen LogP) is -1.80. The van der Waals surface area contributed by atoms with Crippen LogP contribution in [0.5, 0.6) is 5.75 Å². The van der Waals surface area contributed by atoms with E-state index in [0.29, 0.717) is 5.56 Å². The molecule has 0 spiro atoms. The van der Waals surface area contributed by atoms with E-state index in [0.717, 1.165) is 0 Å². The average molecular weight is 524 g/mol. The number of phenolic OH excluding ortho intramolecular Hbond substituents is 1. The lowest BCUT2D eigenvalue weighted by Gasteiger charge is -2.25. The van der Waals surface area contributed by atoms with Crippen molar-refractivity contribution >= 4 is 35.6 Å². The van der Waals surface area contributed by atoms with E-state index in [1.54, 1.807) is 13.8 Å². The van der Waals surface area contributed by atoms with Gasteiger partial charge in [0, 0.05) is 6.42 Å². The number of amides is 4. The minimum absolute atomic E-state index is 0.0120. The third kappa shape index (κ3) is 10.9. The number of carbonyl (C=O) groups excluding carboxylic acids is 4. The molecule has 1 rings (SSSR count). The second-order valence-corrected chi connectivity index (χ2v) is 8.77. The van der Waals surface area contributed by atoms with Crippen LogP contribution in [0.1, 0.15) is 38.7 Å². The van der Waals surface area contributed by atoms with Gasteiger partial charge in [-0.05, 0) is 36.5 Å². The van der Waals surface area contributed by atoms with Gasteiger partial charge < -0.3 is 42.7 Å². The van der Waals surface area contributed by atoms with Gasteiger partial charge in [-0.15, -0.1) is 0 Å². The summed E-state index contributed by atoms with van der Waals surface area (Å²) in [5.41, 5.74) is 11.6. The van der Waals surface area contributed by atoms with Crippen LogP contribution in [0.2, 0.25) is 0 Å². The standard InChI is InChI=1S/C23H33N5O9/c1-11(2)19(23(36)37)28-21(34)15(7-8-17(25)30)26-22(35)16(10-18(31)32)27-20(33)14(24)9-12-3-5-13(29)6-4-12/h3-6,11,14-16,19,29H,7-10,24H2,1-2H3,(H2,25,30)(H,26,35)(H,27,33)(H,28,34)(H,31,32)(H,36,37). The normalized spacial score (nSPS) is 14.1. The molecule has 14 nitrogen and oxygen atoms in total. The van der Waals surface area contributed by atoms with Crippen molar-refractivity contribution in [2.45, 2.75) is 63.7 Å². The quantitative estimate of drug-likeness (QED) is 0.128. The van der Waals surface area contributed by atoms with E-state index in [1.165, 1.54) is 24.3 Å². The molecule has 0 saturated carbocycles. The largest absolute Gasteiger partial charge is 0.508 e. The van der Waals surface area contributed by atoms with Crippen LogP contribution in [0, 0.1) is 5.92 Å². The minimum atomic E-state index is -1.64. The second-order valence-electron chi connectivity index (χ2n) is 8.77. The lowest BCUT2D eigenvalue weighted by molar-refractivity contribution is -0.144. The minimum Gasteiger partial charge on any atom is -0.508 e. The van der Waals surface area contributed by atoms with E-state index >= 15 is 0 Å². The molecule has 4 amide bonds. The Morgan fingerprint density at radius 3 is 1.89 bits per heavy atom. The third-order valence-corrected chi connectivity index (χ3v) is 5.28. The number of rotatable bonds is 15. The summed E-state index contributed by atoms with van der Waals surface area (Å²) in [6, 6.07) is 0.302. The van der Waals surface area contributed by atoms with Crippen molar-refractivity contribution < 1.29 is 44.1 Å². The second kappa shape index (κ2) is 14.4. The maximum absolute atomic E-state index is 12.9. The maximum Gasteiger partial charge on any atom is 0.326 e. The van der Waals surface area contributed by atoms with Crippen molar-refractivity contribution in [1.29, 1.82) is 0 Å². The van der Waals surface area contributed by atoms with Crippen molar-refractivity contribution in [2.75, 3.05) is 0 Å². The molecule has 0 radical (unpaired) electrons. The zero-order chi connectivity index (χ0) is 28.3. The monoisotopic (exact) mass is 523 g/mol. The smallest absolute Gasteiger partial charge is 0.326 e. The van der Waals surface area contributed by atoms with Crippen LogP contribution in [-0.2, 0) is 35.2 Å². The molecule has 0 fully saturated rings. The fraction of sp³-hybridized carbons (Fsp3) is 0.478. The van der Waals surface area contributed by atoms with E-state index < -0.39 is 72.1 Å². The highest BCUT2D eigenvalue weighted by atomic mass is 16.4. The Morgan fingerprint density at radius 1 is 0.865 bits per heavy atom. The number of nitrogens with one attached hydrogen (secondary N) is 3. The first kappa shape index (κ1) is 30.8. The molecule has 0 aliphatic carbocycles. The van der Waals surface area contributed by atoms with Gasteiger partial charge >= 0.3 is 11.9 Å². The van der Waals surface area contributed by atoms with Gasteiger partial charge in [0.05, 0.1) is 12.5 Å². The summed E-state index contributed by atoms with van der Waals surface area (Å²) in [6.45, 7) is 3.10. The number of hydrogen-bond donors (Lipinski definition) is 8. The number of hydrogen-bond acceptors (Lipinski definition) is 8. The Bertz CT molecular complexity index is 997. The topological polar surface area (TPSA) is 251 Å². The lowest BCUT2D eigenvalue weighted by atomic mass is 10.0. The van der Waals surface area contributed by atoms with E-state index in [2.05, 4.69) is 16.0 Å². The van der Waals surface area contributed by atoms with E-state index in [1.807, 2.05) is 0 Å². The molecule has 0 saturated heterocycles. The van der Waals surface area contributed by atoms with Crippen LogP contribution < -0.4 is 27.4 Å². The van der Waals surface area contributed by atoms with Crippen molar-refractivity contribution in [3.8, 4) is 5.75 Å². The Labute approximate surface area is 212 Å². The first-order valence-electron chi connectivity index (χ1n) is 11.4. The number of nitrogens with two attached hydrogens (primary N) is 2. The highest BCUT2D eigenvalue weighted by Crippen LogP contribution is 2.11. The van der Waals surface area contributed by atoms with Gasteiger partial charge in [-0.25, -0.2) is 4.79 Å². The summed E-state index contributed by atoms with van der Waals surface area (Å²) in [7, 11) is 0. The first-order valence-corrected chi connectivity index (χ1v) is 11.4. The predicted molar refractivity (Wildman–Crippen MR) is 129 cm³/mol. The van der Waals surface area contributed by atoms with Crippen LogP contribution in [0.15, 0.2) is 24.3 Å². The number of carbonyl (C=O) groups is 6. The number of primary amides is 1. The molecule has 1 aromatic carbocycles. The molecule has 4 unspecified atom stereocenters. The molecule has 37 heavy (non-hydrogen) atoms. The van der Waals surface area contributed by atoms with Gasteiger partial charge in [-0.3, -0.25) is 24.0 Å². The molecule has 4 atom stereocenters. The number of phenols is 1. The van der Waals surface area contributed by atoms with Crippen molar-refractivity contribution in [2.24, 2.45) is 17.4 Å². The van der Waals surface area contributed by atoms with Crippen LogP contribution in [-0.4, -0.2) is 75.1 Å². The van der Waals surface area contributed by atoms with Crippen LogP contribution in [0.4, 0.5) is 0 Å². The van der Waals surface area contributed by atoms with Crippen LogP contribution >= 0.6 is 0 Å². The van der Waals surface area contributed by atoms with Gasteiger partial charge in [0.15, 0.2) is 0 Å². The number of carboxylic acid groups (broad SMARTS) is 2. The highest BCUT2D eigenvalue weighted by Gasteiger charge is 2.32. The molecule has 0 aromatic heterocycles. The van der Waals surface area contributed by atoms with Crippen molar-refractivity contribution in [3.05, 3.63) is 29.8 Å². The fourth-order valence-electron chi connectivity index (χ4n) is 3.24. The molecule has 10 N–H and O–H groups in total. The Balaban J connectivity index is 3.00. The van der Waals surface area contributed by atoms with Gasteiger partial charge in [-0.2, -0.15) is 0 Å².